The zero-order chi connectivity index (χ0) is 24.5. The van der Waals surface area contributed by atoms with Gasteiger partial charge < -0.3 is 13.3 Å². The minimum absolute atomic E-state index is 0.118. The highest BCUT2D eigenvalue weighted by Crippen LogP contribution is 2.29. The Morgan fingerprint density at radius 3 is 1.65 bits per heavy atom. The van der Waals surface area contributed by atoms with Crippen molar-refractivity contribution in [2.75, 3.05) is 26.2 Å². The highest BCUT2D eigenvalue weighted by molar-refractivity contribution is 6.60. The molecule has 0 radical (unpaired) electrons. The third-order valence-electron chi connectivity index (χ3n) is 6.52. The maximum absolute atomic E-state index is 6.55. The van der Waals surface area contributed by atoms with Gasteiger partial charge in [-0.15, -0.1) is 0 Å². The number of nitrogens with zero attached hydrogens (tertiary/aromatic N) is 6. The molecule has 3 aliphatic rings. The van der Waals surface area contributed by atoms with Gasteiger partial charge in [-0.05, 0) is 67.0 Å². The lowest BCUT2D eigenvalue weighted by Gasteiger charge is -2.45. The standard InChI is InChI=1S/C24H42N6O3Si/c1-18-11-20(3)29(25-18)16-27(17-30-21(4)12-19(2)26-30)9-8-10-34-31-22(5)13-28(14-23(6)32-34)15-24(7)33-34/h11-12,22-24H,8-10,13-17H2,1-7H3. The van der Waals surface area contributed by atoms with Crippen LogP contribution in [0.15, 0.2) is 12.1 Å². The van der Waals surface area contributed by atoms with Crippen LogP contribution < -0.4 is 0 Å². The summed E-state index contributed by atoms with van der Waals surface area (Å²) in [5.41, 5.74) is 4.42. The summed E-state index contributed by atoms with van der Waals surface area (Å²) in [5.74, 6) is 0. The number of rotatable bonds is 8. The van der Waals surface area contributed by atoms with E-state index in [1.165, 1.54) is 11.4 Å². The summed E-state index contributed by atoms with van der Waals surface area (Å²) in [5, 5.41) is 9.39. The maximum atomic E-state index is 6.55. The van der Waals surface area contributed by atoms with Crippen molar-refractivity contribution in [2.45, 2.75) is 92.6 Å². The summed E-state index contributed by atoms with van der Waals surface area (Å²) in [6.45, 7) is 19.9. The van der Waals surface area contributed by atoms with Crippen LogP contribution in [0.4, 0.5) is 0 Å². The third kappa shape index (κ3) is 6.35. The van der Waals surface area contributed by atoms with Crippen LogP contribution in [0.3, 0.4) is 0 Å². The van der Waals surface area contributed by atoms with Gasteiger partial charge in [0.2, 0.25) is 0 Å². The molecule has 3 fully saturated rings. The first-order chi connectivity index (χ1) is 16.1. The van der Waals surface area contributed by atoms with Gasteiger partial charge in [-0.2, -0.15) is 10.2 Å². The van der Waals surface area contributed by atoms with Crippen molar-refractivity contribution < 1.29 is 13.3 Å². The molecule has 0 aromatic carbocycles. The molecule has 0 N–H and O–H groups in total. The van der Waals surface area contributed by atoms with Crippen LogP contribution in [-0.4, -0.2) is 82.7 Å². The summed E-state index contributed by atoms with van der Waals surface area (Å²) in [6, 6.07) is 5.06. The summed E-state index contributed by atoms with van der Waals surface area (Å²) in [6.07, 6.45) is 1.28. The molecule has 0 aliphatic carbocycles. The molecular weight excluding hydrogens is 448 g/mol. The number of hydrogen-bond acceptors (Lipinski definition) is 7. The van der Waals surface area contributed by atoms with Gasteiger partial charge in [-0.3, -0.25) is 19.2 Å². The fourth-order valence-corrected chi connectivity index (χ4v) is 8.50. The predicted molar refractivity (Wildman–Crippen MR) is 133 cm³/mol. The molecule has 0 spiro atoms. The first kappa shape index (κ1) is 25.5. The quantitative estimate of drug-likeness (QED) is 0.527. The molecule has 2 aromatic rings. The van der Waals surface area contributed by atoms with Gasteiger partial charge in [0.25, 0.3) is 0 Å². The first-order valence-electron chi connectivity index (χ1n) is 12.6. The minimum Gasteiger partial charge on any atom is -0.369 e. The van der Waals surface area contributed by atoms with Crippen molar-refractivity contribution in [1.29, 1.82) is 0 Å². The molecule has 3 saturated heterocycles. The Kier molecular flexibility index (Phi) is 7.95. The smallest absolute Gasteiger partial charge is 0.369 e. The molecule has 5 rings (SSSR count). The van der Waals surface area contributed by atoms with E-state index in [1.807, 2.05) is 13.8 Å². The summed E-state index contributed by atoms with van der Waals surface area (Å²) in [4.78, 5) is 4.80. The zero-order valence-electron chi connectivity index (χ0n) is 22.0. The van der Waals surface area contributed by atoms with Crippen LogP contribution >= 0.6 is 0 Å². The molecule has 10 heteroatoms. The lowest BCUT2D eigenvalue weighted by molar-refractivity contribution is -0.0793. The average Bonchev–Trinajstić information content (AvgIpc) is 3.17. The normalized spacial score (nSPS) is 29.9. The highest BCUT2D eigenvalue weighted by atomic mass is 28.4. The van der Waals surface area contributed by atoms with Gasteiger partial charge in [0.05, 0.1) is 43.0 Å². The fourth-order valence-electron chi connectivity index (χ4n) is 5.33. The Hall–Kier alpha value is -1.56. The van der Waals surface area contributed by atoms with E-state index in [1.54, 1.807) is 0 Å². The Bertz CT molecular complexity index is 878. The molecule has 3 atom stereocenters. The Morgan fingerprint density at radius 2 is 1.26 bits per heavy atom. The molecule has 190 valence electrons. The molecule has 0 amide bonds. The lowest BCUT2D eigenvalue weighted by atomic mass is 10.2. The monoisotopic (exact) mass is 490 g/mol. The van der Waals surface area contributed by atoms with Gasteiger partial charge in [0.1, 0.15) is 0 Å². The van der Waals surface area contributed by atoms with Gasteiger partial charge in [0, 0.05) is 43.6 Å². The number of aromatic nitrogens is 4. The van der Waals surface area contributed by atoms with Crippen molar-refractivity contribution in [2.24, 2.45) is 0 Å². The van der Waals surface area contributed by atoms with Crippen LogP contribution in [0, 0.1) is 27.7 Å². The number of fused-ring (bicyclic) bond motifs is 6. The van der Waals surface area contributed by atoms with Crippen molar-refractivity contribution in [3.05, 3.63) is 34.9 Å². The summed E-state index contributed by atoms with van der Waals surface area (Å²) in [7, 11) is -2.78. The second kappa shape index (κ2) is 10.6. The molecule has 3 unspecified atom stereocenters. The number of hydrogen-bond donors (Lipinski definition) is 0. The van der Waals surface area contributed by atoms with E-state index in [9.17, 15) is 0 Å². The summed E-state index contributed by atoms with van der Waals surface area (Å²) >= 11 is 0. The van der Waals surface area contributed by atoms with Crippen LogP contribution in [0.1, 0.15) is 50.0 Å². The molecule has 3 aliphatic heterocycles. The van der Waals surface area contributed by atoms with E-state index in [-0.39, 0.29) is 18.3 Å². The van der Waals surface area contributed by atoms with E-state index in [4.69, 9.17) is 23.5 Å². The lowest BCUT2D eigenvalue weighted by Crippen LogP contribution is -2.61. The van der Waals surface area contributed by atoms with Gasteiger partial charge in [-0.25, -0.2) is 0 Å². The predicted octanol–water partition coefficient (Wildman–Crippen LogP) is 3.10. The van der Waals surface area contributed by atoms with Crippen molar-refractivity contribution in [3.8, 4) is 0 Å². The molecule has 2 bridgehead atoms. The van der Waals surface area contributed by atoms with E-state index < -0.39 is 8.80 Å². The SMILES string of the molecule is Cc1cc(C)n(CN(CCC[Si]23OC(C)CN(CC(C)O2)CC(C)O3)Cn2nc(C)cc2C)n1. The van der Waals surface area contributed by atoms with Gasteiger partial charge in [0.15, 0.2) is 0 Å². The Balaban J connectivity index is 1.48. The van der Waals surface area contributed by atoms with Crippen molar-refractivity contribution >= 4 is 8.80 Å². The summed E-state index contributed by atoms with van der Waals surface area (Å²) < 4.78 is 23.8. The maximum Gasteiger partial charge on any atom is 0.501 e. The second-order valence-corrected chi connectivity index (χ2v) is 12.9. The second-order valence-electron chi connectivity index (χ2n) is 10.3. The van der Waals surface area contributed by atoms with Gasteiger partial charge >= 0.3 is 8.80 Å². The van der Waals surface area contributed by atoms with Crippen LogP contribution in [0.2, 0.25) is 6.04 Å². The molecule has 0 saturated carbocycles. The molecule has 9 nitrogen and oxygen atoms in total. The molecule has 5 heterocycles. The average molecular weight is 491 g/mol. The minimum atomic E-state index is -2.78. The van der Waals surface area contributed by atoms with Crippen LogP contribution in [-0.2, 0) is 26.6 Å². The fraction of sp³-hybridized carbons (Fsp3) is 0.750. The van der Waals surface area contributed by atoms with Crippen LogP contribution in [0.5, 0.6) is 0 Å². The van der Waals surface area contributed by atoms with E-state index >= 15 is 0 Å². The molecular formula is C24H42N6O3Si. The Morgan fingerprint density at radius 1 is 0.824 bits per heavy atom. The molecule has 2 aromatic heterocycles. The van der Waals surface area contributed by atoms with E-state index in [2.05, 4.69) is 65.9 Å². The topological polar surface area (TPSA) is 69.8 Å². The Labute approximate surface area is 205 Å². The third-order valence-corrected chi connectivity index (χ3v) is 9.77. The molecule has 34 heavy (non-hydrogen) atoms. The van der Waals surface area contributed by atoms with E-state index in [0.717, 1.165) is 50.0 Å². The van der Waals surface area contributed by atoms with Crippen LogP contribution in [0.25, 0.3) is 0 Å². The van der Waals surface area contributed by atoms with Crippen molar-refractivity contribution in [1.82, 2.24) is 29.4 Å². The van der Waals surface area contributed by atoms with Gasteiger partial charge in [-0.1, -0.05) is 0 Å². The first-order valence-corrected chi connectivity index (χ1v) is 14.5. The zero-order valence-corrected chi connectivity index (χ0v) is 23.0. The largest absolute Gasteiger partial charge is 0.501 e. The number of aryl methyl sites for hydroxylation is 4. The van der Waals surface area contributed by atoms with E-state index in [0.29, 0.717) is 13.3 Å². The van der Waals surface area contributed by atoms with Crippen molar-refractivity contribution in [3.63, 3.8) is 0 Å². The highest BCUT2D eigenvalue weighted by Gasteiger charge is 2.48.